The summed E-state index contributed by atoms with van der Waals surface area (Å²) in [6.45, 7) is 3.44. The SMILES string of the molecule is CC(C)C(=O)Nc1cc(C(=O)ON2C(=O)c3ccccc3C2=O)ccn1. The third-order valence-corrected chi connectivity index (χ3v) is 3.70. The summed E-state index contributed by atoms with van der Waals surface area (Å²) in [6.07, 6.45) is 1.31. The number of rotatable bonds is 4. The van der Waals surface area contributed by atoms with Gasteiger partial charge in [-0.15, -0.1) is 0 Å². The van der Waals surface area contributed by atoms with Gasteiger partial charge in [-0.2, -0.15) is 0 Å². The van der Waals surface area contributed by atoms with Crippen LogP contribution in [0.3, 0.4) is 0 Å². The molecule has 8 nitrogen and oxygen atoms in total. The van der Waals surface area contributed by atoms with Crippen LogP contribution in [-0.2, 0) is 9.63 Å². The van der Waals surface area contributed by atoms with Crippen LogP contribution in [-0.4, -0.2) is 33.7 Å². The number of hydrogen-bond donors (Lipinski definition) is 1. The highest BCUT2D eigenvalue weighted by Crippen LogP contribution is 2.23. The van der Waals surface area contributed by atoms with E-state index < -0.39 is 17.8 Å². The molecule has 0 radical (unpaired) electrons. The van der Waals surface area contributed by atoms with E-state index in [1.807, 2.05) is 0 Å². The molecule has 8 heteroatoms. The first-order chi connectivity index (χ1) is 12.4. The molecule has 2 aromatic rings. The molecule has 1 aliphatic heterocycles. The average Bonchev–Trinajstić information content (AvgIpc) is 2.87. The standard InChI is InChI=1S/C18H15N3O5/c1-10(2)15(22)20-14-9-11(7-8-19-14)18(25)26-21-16(23)12-5-3-4-6-13(12)17(21)24/h3-10H,1-2H3,(H,19,20,22). The molecule has 0 saturated heterocycles. The highest BCUT2D eigenvalue weighted by Gasteiger charge is 2.38. The summed E-state index contributed by atoms with van der Waals surface area (Å²) in [7, 11) is 0. The van der Waals surface area contributed by atoms with Gasteiger partial charge in [-0.25, -0.2) is 9.78 Å². The van der Waals surface area contributed by atoms with E-state index in [0.717, 1.165) is 0 Å². The van der Waals surface area contributed by atoms with E-state index in [-0.39, 0.29) is 34.3 Å². The number of aromatic nitrogens is 1. The van der Waals surface area contributed by atoms with Gasteiger partial charge in [0, 0.05) is 12.1 Å². The minimum atomic E-state index is -0.915. The third-order valence-electron chi connectivity index (χ3n) is 3.70. The number of pyridine rings is 1. The predicted molar refractivity (Wildman–Crippen MR) is 90.1 cm³/mol. The van der Waals surface area contributed by atoms with Gasteiger partial charge in [0.2, 0.25) is 5.91 Å². The maximum absolute atomic E-state index is 12.3. The first kappa shape index (κ1) is 17.3. The van der Waals surface area contributed by atoms with Gasteiger partial charge in [0.1, 0.15) is 5.82 Å². The van der Waals surface area contributed by atoms with Gasteiger partial charge in [-0.05, 0) is 24.3 Å². The Morgan fingerprint density at radius 1 is 1.08 bits per heavy atom. The molecule has 1 aromatic carbocycles. The average molecular weight is 353 g/mol. The van der Waals surface area contributed by atoms with Crippen LogP contribution in [0.5, 0.6) is 0 Å². The van der Waals surface area contributed by atoms with Gasteiger partial charge in [0.15, 0.2) is 0 Å². The molecule has 3 amide bonds. The van der Waals surface area contributed by atoms with Crippen molar-refractivity contribution in [2.45, 2.75) is 13.8 Å². The molecule has 132 valence electrons. The van der Waals surface area contributed by atoms with E-state index in [1.165, 1.54) is 30.5 Å². The second-order valence-electron chi connectivity index (χ2n) is 5.90. The zero-order chi connectivity index (χ0) is 18.8. The number of nitrogens with zero attached hydrogens (tertiary/aromatic N) is 2. The fraction of sp³-hybridized carbons (Fsp3) is 0.167. The molecule has 0 bridgehead atoms. The zero-order valence-electron chi connectivity index (χ0n) is 14.1. The van der Waals surface area contributed by atoms with E-state index in [0.29, 0.717) is 5.06 Å². The second kappa shape index (κ2) is 6.75. The molecular weight excluding hydrogens is 338 g/mol. The fourth-order valence-electron chi connectivity index (χ4n) is 2.28. The van der Waals surface area contributed by atoms with Gasteiger partial charge >= 0.3 is 5.97 Å². The maximum atomic E-state index is 12.3. The van der Waals surface area contributed by atoms with Crippen molar-refractivity contribution in [1.29, 1.82) is 0 Å². The van der Waals surface area contributed by atoms with Crippen LogP contribution >= 0.6 is 0 Å². The Balaban J connectivity index is 1.76. The van der Waals surface area contributed by atoms with Crippen LogP contribution in [0, 0.1) is 5.92 Å². The quantitative estimate of drug-likeness (QED) is 0.843. The van der Waals surface area contributed by atoms with Crippen molar-refractivity contribution < 1.29 is 24.0 Å². The third kappa shape index (κ3) is 3.16. The van der Waals surface area contributed by atoms with Crippen molar-refractivity contribution in [3.8, 4) is 0 Å². The first-order valence-corrected chi connectivity index (χ1v) is 7.85. The highest BCUT2D eigenvalue weighted by molar-refractivity contribution is 6.21. The summed E-state index contributed by atoms with van der Waals surface area (Å²) in [5, 5.41) is 2.99. The van der Waals surface area contributed by atoms with Crippen LogP contribution in [0.15, 0.2) is 42.6 Å². The van der Waals surface area contributed by atoms with Gasteiger partial charge in [0.25, 0.3) is 11.8 Å². The van der Waals surface area contributed by atoms with Crippen LogP contribution < -0.4 is 5.32 Å². The van der Waals surface area contributed by atoms with Gasteiger partial charge in [-0.3, -0.25) is 14.4 Å². The molecule has 2 heterocycles. The lowest BCUT2D eigenvalue weighted by molar-refractivity contribution is -0.118. The molecule has 0 spiro atoms. The fourth-order valence-corrected chi connectivity index (χ4v) is 2.28. The predicted octanol–water partition coefficient (Wildman–Crippen LogP) is 2.04. The van der Waals surface area contributed by atoms with Gasteiger partial charge < -0.3 is 10.2 Å². The molecule has 3 rings (SSSR count). The normalized spacial score (nSPS) is 13.0. The highest BCUT2D eigenvalue weighted by atomic mass is 16.7. The number of carbonyl (C=O) groups is 4. The Hall–Kier alpha value is -3.55. The van der Waals surface area contributed by atoms with Crippen molar-refractivity contribution in [2.24, 2.45) is 5.92 Å². The number of anilines is 1. The molecule has 1 aromatic heterocycles. The topological polar surface area (TPSA) is 106 Å². The van der Waals surface area contributed by atoms with Gasteiger partial charge in [0.05, 0.1) is 16.7 Å². The Morgan fingerprint density at radius 3 is 2.27 bits per heavy atom. The summed E-state index contributed by atoms with van der Waals surface area (Å²) < 4.78 is 0. The Labute approximate surface area is 148 Å². The van der Waals surface area contributed by atoms with Crippen LogP contribution in [0.4, 0.5) is 5.82 Å². The maximum Gasteiger partial charge on any atom is 0.364 e. The molecule has 26 heavy (non-hydrogen) atoms. The number of benzene rings is 1. The summed E-state index contributed by atoms with van der Waals surface area (Å²) in [5.74, 6) is -2.68. The molecular formula is C18H15N3O5. The van der Waals surface area contributed by atoms with E-state index in [2.05, 4.69) is 10.3 Å². The van der Waals surface area contributed by atoms with Crippen molar-refractivity contribution in [1.82, 2.24) is 10.0 Å². The van der Waals surface area contributed by atoms with Crippen molar-refractivity contribution >= 4 is 29.5 Å². The summed E-state index contributed by atoms with van der Waals surface area (Å²) in [4.78, 5) is 57.4. The zero-order valence-corrected chi connectivity index (χ0v) is 14.1. The molecule has 0 aliphatic carbocycles. The minimum absolute atomic E-state index is 0.0376. The molecule has 0 fully saturated rings. The van der Waals surface area contributed by atoms with Crippen molar-refractivity contribution in [3.05, 3.63) is 59.3 Å². The summed E-state index contributed by atoms with van der Waals surface area (Å²) >= 11 is 0. The Kier molecular flexibility index (Phi) is 4.49. The van der Waals surface area contributed by atoms with E-state index in [1.54, 1.807) is 26.0 Å². The van der Waals surface area contributed by atoms with Crippen molar-refractivity contribution in [2.75, 3.05) is 5.32 Å². The number of hydroxylamine groups is 2. The minimum Gasteiger partial charge on any atom is -0.324 e. The van der Waals surface area contributed by atoms with E-state index >= 15 is 0 Å². The number of hydrogen-bond acceptors (Lipinski definition) is 6. The van der Waals surface area contributed by atoms with Crippen LogP contribution in [0.1, 0.15) is 44.9 Å². The molecule has 0 atom stereocenters. The van der Waals surface area contributed by atoms with Crippen molar-refractivity contribution in [3.63, 3.8) is 0 Å². The monoisotopic (exact) mass is 353 g/mol. The molecule has 0 saturated carbocycles. The second-order valence-corrected chi connectivity index (χ2v) is 5.90. The number of amides is 3. The smallest absolute Gasteiger partial charge is 0.324 e. The summed E-state index contributed by atoms with van der Waals surface area (Å²) in [5.41, 5.74) is 0.380. The van der Waals surface area contributed by atoms with E-state index in [9.17, 15) is 19.2 Å². The lowest BCUT2D eigenvalue weighted by atomic mass is 10.1. The number of nitrogens with one attached hydrogen (secondary N) is 1. The van der Waals surface area contributed by atoms with E-state index in [4.69, 9.17) is 4.84 Å². The lowest BCUT2D eigenvalue weighted by Gasteiger charge is -2.13. The molecule has 1 N–H and O–H groups in total. The summed E-state index contributed by atoms with van der Waals surface area (Å²) in [6, 6.07) is 8.85. The Bertz CT molecular complexity index is 888. The van der Waals surface area contributed by atoms with Crippen LogP contribution in [0.2, 0.25) is 0 Å². The van der Waals surface area contributed by atoms with Gasteiger partial charge in [-0.1, -0.05) is 31.0 Å². The van der Waals surface area contributed by atoms with Crippen LogP contribution in [0.25, 0.3) is 0 Å². The molecule has 0 unspecified atom stereocenters. The first-order valence-electron chi connectivity index (χ1n) is 7.85. The largest absolute Gasteiger partial charge is 0.364 e. The number of carbonyl (C=O) groups excluding carboxylic acids is 4. The number of fused-ring (bicyclic) bond motifs is 1. The number of imide groups is 1. The molecule has 1 aliphatic rings. The lowest BCUT2D eigenvalue weighted by Crippen LogP contribution is -2.32. The Morgan fingerprint density at radius 2 is 1.69 bits per heavy atom.